The Morgan fingerprint density at radius 3 is 2.28 bits per heavy atom. The van der Waals surface area contributed by atoms with Crippen molar-refractivity contribution in [2.45, 2.75) is 75.9 Å². The minimum atomic E-state index is 0. The number of amides is 1. The van der Waals surface area contributed by atoms with Gasteiger partial charge in [-0.3, -0.25) is 4.79 Å². The fourth-order valence-corrected chi connectivity index (χ4v) is 3.94. The summed E-state index contributed by atoms with van der Waals surface area (Å²) in [7, 11) is 0. The molecule has 0 aromatic heterocycles. The molecule has 1 saturated carbocycles. The normalized spacial score (nSPS) is 35.2. The highest BCUT2D eigenvalue weighted by atomic mass is 35.5. The van der Waals surface area contributed by atoms with Crippen molar-refractivity contribution in [2.24, 2.45) is 5.92 Å². The van der Waals surface area contributed by atoms with E-state index in [-0.39, 0.29) is 12.4 Å². The van der Waals surface area contributed by atoms with E-state index in [0.717, 1.165) is 19.3 Å². The Balaban J connectivity index is 0.00000120. The van der Waals surface area contributed by atoms with Crippen molar-refractivity contribution in [3.8, 4) is 0 Å². The SMILES string of the molecule is Cl.O=C(CC1CCCC1)NC1CC2CCC(C1)N2. The molecule has 1 amide bonds. The second-order valence-electron chi connectivity index (χ2n) is 6.23. The van der Waals surface area contributed by atoms with Crippen molar-refractivity contribution in [1.29, 1.82) is 0 Å². The molecule has 0 radical (unpaired) electrons. The van der Waals surface area contributed by atoms with Crippen molar-refractivity contribution in [3.05, 3.63) is 0 Å². The highest BCUT2D eigenvalue weighted by Crippen LogP contribution is 2.29. The van der Waals surface area contributed by atoms with E-state index in [9.17, 15) is 4.79 Å². The number of nitrogens with one attached hydrogen (secondary N) is 2. The highest BCUT2D eigenvalue weighted by Gasteiger charge is 2.34. The molecule has 2 atom stereocenters. The molecule has 1 aliphatic carbocycles. The van der Waals surface area contributed by atoms with E-state index in [1.807, 2.05) is 0 Å². The monoisotopic (exact) mass is 272 g/mol. The lowest BCUT2D eigenvalue weighted by Gasteiger charge is -2.30. The van der Waals surface area contributed by atoms with Gasteiger partial charge >= 0.3 is 0 Å². The Morgan fingerprint density at radius 1 is 1.06 bits per heavy atom. The Morgan fingerprint density at radius 2 is 1.67 bits per heavy atom. The number of piperidine rings is 1. The molecule has 0 aromatic carbocycles. The van der Waals surface area contributed by atoms with Gasteiger partial charge in [0, 0.05) is 24.5 Å². The van der Waals surface area contributed by atoms with Gasteiger partial charge in [0.2, 0.25) is 5.91 Å². The van der Waals surface area contributed by atoms with Crippen LogP contribution in [0.2, 0.25) is 0 Å². The smallest absolute Gasteiger partial charge is 0.220 e. The molecular weight excluding hydrogens is 248 g/mol. The Labute approximate surface area is 116 Å². The average molecular weight is 273 g/mol. The molecule has 0 spiro atoms. The molecule has 18 heavy (non-hydrogen) atoms. The molecule has 2 bridgehead atoms. The fraction of sp³-hybridized carbons (Fsp3) is 0.929. The van der Waals surface area contributed by atoms with Crippen molar-refractivity contribution in [2.75, 3.05) is 0 Å². The number of carbonyl (C=O) groups excluding carboxylic acids is 1. The molecule has 4 heteroatoms. The van der Waals surface area contributed by atoms with Crippen LogP contribution >= 0.6 is 12.4 Å². The highest BCUT2D eigenvalue weighted by molar-refractivity contribution is 5.85. The van der Waals surface area contributed by atoms with Gasteiger partial charge in [-0.2, -0.15) is 0 Å². The van der Waals surface area contributed by atoms with Crippen molar-refractivity contribution in [3.63, 3.8) is 0 Å². The summed E-state index contributed by atoms with van der Waals surface area (Å²) in [5, 5.41) is 6.88. The minimum Gasteiger partial charge on any atom is -0.353 e. The van der Waals surface area contributed by atoms with E-state index in [2.05, 4.69) is 10.6 Å². The second kappa shape index (κ2) is 6.25. The van der Waals surface area contributed by atoms with Crippen LogP contribution in [0.15, 0.2) is 0 Å². The molecule has 0 aromatic rings. The summed E-state index contributed by atoms with van der Waals surface area (Å²) in [5.74, 6) is 0.983. The number of carbonyl (C=O) groups is 1. The predicted octanol–water partition coefficient (Wildman–Crippen LogP) is 2.39. The van der Waals surface area contributed by atoms with E-state index in [1.54, 1.807) is 0 Å². The molecule has 3 rings (SSSR count). The summed E-state index contributed by atoms with van der Waals surface area (Å²) >= 11 is 0. The zero-order valence-corrected chi connectivity index (χ0v) is 11.8. The number of rotatable bonds is 3. The molecule has 2 saturated heterocycles. The van der Waals surface area contributed by atoms with Crippen LogP contribution in [0, 0.1) is 5.92 Å². The summed E-state index contributed by atoms with van der Waals surface area (Å²) < 4.78 is 0. The Bertz CT molecular complexity index is 280. The lowest BCUT2D eigenvalue weighted by Crippen LogP contribution is -2.48. The third-order valence-electron chi connectivity index (χ3n) is 4.79. The standard InChI is InChI=1S/C14H24N2O.ClH/c17-14(7-10-3-1-2-4-10)16-13-8-11-5-6-12(9-13)15-11;/h10-13,15H,1-9H2,(H,16,17);1H. The number of halogens is 1. The van der Waals surface area contributed by atoms with Crippen LogP contribution < -0.4 is 10.6 Å². The van der Waals surface area contributed by atoms with E-state index < -0.39 is 0 Å². The van der Waals surface area contributed by atoms with E-state index in [4.69, 9.17) is 0 Å². The maximum atomic E-state index is 12.0. The van der Waals surface area contributed by atoms with Gasteiger partial charge in [-0.25, -0.2) is 0 Å². The first-order chi connectivity index (χ1) is 8.29. The van der Waals surface area contributed by atoms with Gasteiger partial charge in [0.15, 0.2) is 0 Å². The van der Waals surface area contributed by atoms with Gasteiger partial charge in [-0.05, 0) is 44.4 Å². The van der Waals surface area contributed by atoms with Gasteiger partial charge in [0.1, 0.15) is 0 Å². The van der Waals surface area contributed by atoms with Crippen LogP contribution in [-0.2, 0) is 4.79 Å². The van der Waals surface area contributed by atoms with Crippen LogP contribution in [0.25, 0.3) is 0 Å². The number of fused-ring (bicyclic) bond motifs is 2. The minimum absolute atomic E-state index is 0. The fourth-order valence-electron chi connectivity index (χ4n) is 3.94. The van der Waals surface area contributed by atoms with Crippen LogP contribution in [-0.4, -0.2) is 24.0 Å². The quantitative estimate of drug-likeness (QED) is 0.828. The zero-order chi connectivity index (χ0) is 11.7. The van der Waals surface area contributed by atoms with Gasteiger partial charge in [0.05, 0.1) is 0 Å². The molecule has 3 aliphatic rings. The largest absolute Gasteiger partial charge is 0.353 e. The van der Waals surface area contributed by atoms with Crippen molar-refractivity contribution in [1.82, 2.24) is 10.6 Å². The summed E-state index contributed by atoms with van der Waals surface area (Å²) in [6.45, 7) is 0. The summed E-state index contributed by atoms with van der Waals surface area (Å²) in [4.78, 5) is 12.0. The molecule has 104 valence electrons. The molecule has 3 nitrogen and oxygen atoms in total. The van der Waals surface area contributed by atoms with E-state index >= 15 is 0 Å². The third kappa shape index (κ3) is 3.39. The molecule has 2 N–H and O–H groups in total. The predicted molar refractivity (Wildman–Crippen MR) is 74.9 cm³/mol. The maximum absolute atomic E-state index is 12.0. The molecule has 2 unspecified atom stereocenters. The van der Waals surface area contributed by atoms with Crippen LogP contribution in [0.3, 0.4) is 0 Å². The first-order valence-corrected chi connectivity index (χ1v) is 7.35. The first-order valence-electron chi connectivity index (χ1n) is 7.35. The first kappa shape index (κ1) is 14.1. The second-order valence-corrected chi connectivity index (χ2v) is 6.23. The number of hydrogen-bond donors (Lipinski definition) is 2. The topological polar surface area (TPSA) is 41.1 Å². The van der Waals surface area contributed by atoms with Gasteiger partial charge < -0.3 is 10.6 Å². The average Bonchev–Trinajstić information content (AvgIpc) is 2.89. The van der Waals surface area contributed by atoms with E-state index in [0.29, 0.717) is 30.0 Å². The molecule has 3 fully saturated rings. The number of hydrogen-bond acceptors (Lipinski definition) is 2. The third-order valence-corrected chi connectivity index (χ3v) is 4.79. The Kier molecular flexibility index (Phi) is 4.91. The summed E-state index contributed by atoms with van der Waals surface area (Å²) in [6.07, 6.45) is 10.9. The van der Waals surface area contributed by atoms with Gasteiger partial charge in [0.25, 0.3) is 0 Å². The summed E-state index contributed by atoms with van der Waals surface area (Å²) in [5.41, 5.74) is 0. The van der Waals surface area contributed by atoms with E-state index in [1.165, 1.54) is 38.5 Å². The molecule has 2 aliphatic heterocycles. The van der Waals surface area contributed by atoms with Crippen molar-refractivity contribution < 1.29 is 4.79 Å². The van der Waals surface area contributed by atoms with Crippen LogP contribution in [0.1, 0.15) is 57.8 Å². The van der Waals surface area contributed by atoms with Crippen molar-refractivity contribution >= 4 is 18.3 Å². The summed E-state index contributed by atoms with van der Waals surface area (Å²) in [6, 6.07) is 1.79. The lowest BCUT2D eigenvalue weighted by atomic mass is 9.98. The molecule has 2 heterocycles. The lowest BCUT2D eigenvalue weighted by molar-refractivity contribution is -0.122. The van der Waals surface area contributed by atoms with Crippen LogP contribution in [0.4, 0.5) is 0 Å². The zero-order valence-electron chi connectivity index (χ0n) is 11.0. The Hall–Kier alpha value is -0.280. The van der Waals surface area contributed by atoms with Gasteiger partial charge in [-0.15, -0.1) is 12.4 Å². The van der Waals surface area contributed by atoms with Gasteiger partial charge in [-0.1, -0.05) is 12.8 Å². The van der Waals surface area contributed by atoms with Crippen LogP contribution in [0.5, 0.6) is 0 Å². The maximum Gasteiger partial charge on any atom is 0.220 e. The molecular formula is C14H25ClN2O.